The highest BCUT2D eigenvalue weighted by Crippen LogP contribution is 2.42. The van der Waals surface area contributed by atoms with Gasteiger partial charge in [-0.25, -0.2) is 9.18 Å². The number of carbonyl (C=O) groups is 1. The molecule has 0 atom stereocenters. The van der Waals surface area contributed by atoms with Crippen LogP contribution >= 0.6 is 23.5 Å². The molecule has 1 N–H and O–H groups in total. The zero-order valence-electron chi connectivity index (χ0n) is 33.7. The Labute approximate surface area is 350 Å². The van der Waals surface area contributed by atoms with E-state index < -0.39 is 5.97 Å². The fourth-order valence-electron chi connectivity index (χ4n) is 8.03. The van der Waals surface area contributed by atoms with Gasteiger partial charge in [0, 0.05) is 88.9 Å². The third-order valence-electron chi connectivity index (χ3n) is 10.9. The van der Waals surface area contributed by atoms with Gasteiger partial charge in [-0.2, -0.15) is 10.2 Å². The number of carbonyl (C=O) groups excluding carboxylic acids is 1. The van der Waals surface area contributed by atoms with Gasteiger partial charge in [-0.3, -0.25) is 14.3 Å². The number of hydrogen-bond donors (Lipinski definition) is 1. The Kier molecular flexibility index (Phi) is 12.3. The number of methoxy groups -OCH3 is 2. The number of halogens is 1. The molecule has 59 heavy (non-hydrogen) atoms. The molecule has 0 radical (unpaired) electrons. The van der Waals surface area contributed by atoms with Crippen molar-refractivity contribution in [1.82, 2.24) is 29.1 Å². The van der Waals surface area contributed by atoms with Crippen molar-refractivity contribution in [2.45, 2.75) is 67.4 Å². The van der Waals surface area contributed by atoms with E-state index in [1.54, 1.807) is 54.5 Å². The van der Waals surface area contributed by atoms with Gasteiger partial charge in [-0.15, -0.1) is 23.5 Å². The molecule has 7 aromatic rings. The molecule has 4 aromatic heterocycles. The minimum absolute atomic E-state index is 0.0226. The van der Waals surface area contributed by atoms with Gasteiger partial charge >= 0.3 is 5.97 Å². The molecule has 8 rings (SSSR count). The summed E-state index contributed by atoms with van der Waals surface area (Å²) in [4.78, 5) is 18.8. The summed E-state index contributed by atoms with van der Waals surface area (Å²) in [5.74, 6) is 2.61. The van der Waals surface area contributed by atoms with Crippen molar-refractivity contribution >= 4 is 51.3 Å². The Hall–Kier alpha value is -5.31. The summed E-state index contributed by atoms with van der Waals surface area (Å²) in [5, 5.41) is 21.4. The number of fused-ring (bicyclic) bond motifs is 3. The first kappa shape index (κ1) is 40.5. The normalized spacial score (nSPS) is 12.6. The number of aliphatic hydroxyl groups is 1. The van der Waals surface area contributed by atoms with Gasteiger partial charge < -0.3 is 23.9 Å². The molecular formula is C45H47FN6O5S2. The number of rotatable bonds is 16. The quantitative estimate of drug-likeness (QED) is 0.0748. The molecule has 306 valence electrons. The molecule has 0 aliphatic carbocycles. The van der Waals surface area contributed by atoms with Crippen LogP contribution in [0.5, 0.6) is 11.5 Å². The van der Waals surface area contributed by atoms with Crippen LogP contribution in [0.3, 0.4) is 0 Å². The number of aryl methyl sites for hydroxylation is 4. The maximum absolute atomic E-state index is 16.3. The van der Waals surface area contributed by atoms with Crippen LogP contribution in [-0.4, -0.2) is 61.0 Å². The first-order valence-electron chi connectivity index (χ1n) is 19.7. The first-order chi connectivity index (χ1) is 28.8. The third kappa shape index (κ3) is 8.30. The monoisotopic (exact) mass is 834 g/mol. The summed E-state index contributed by atoms with van der Waals surface area (Å²) in [6.45, 7) is 1.17. The van der Waals surface area contributed by atoms with E-state index in [1.165, 1.54) is 13.2 Å². The lowest BCUT2D eigenvalue weighted by Gasteiger charge is -2.16. The maximum atomic E-state index is 16.3. The fraction of sp³-hybridized carbons (Fsp3) is 0.333. The molecule has 0 bridgehead atoms. The minimum atomic E-state index is -0.488. The molecular weight excluding hydrogens is 788 g/mol. The Morgan fingerprint density at radius 2 is 1.81 bits per heavy atom. The van der Waals surface area contributed by atoms with Crippen molar-refractivity contribution in [3.05, 3.63) is 118 Å². The third-order valence-corrected chi connectivity index (χ3v) is 12.9. The summed E-state index contributed by atoms with van der Waals surface area (Å²) in [7, 11) is 6.77. The molecule has 5 heterocycles. The van der Waals surface area contributed by atoms with Gasteiger partial charge in [-0.05, 0) is 91.8 Å². The van der Waals surface area contributed by atoms with Crippen molar-refractivity contribution in [3.8, 4) is 22.6 Å². The number of thioether (sulfide) groups is 2. The number of hydrogen-bond acceptors (Lipinski definition) is 10. The number of ether oxygens (including phenoxy) is 3. The molecule has 0 unspecified atom stereocenters. The van der Waals surface area contributed by atoms with E-state index >= 15 is 4.39 Å². The summed E-state index contributed by atoms with van der Waals surface area (Å²) in [6.07, 6.45) is 5.51. The predicted octanol–water partition coefficient (Wildman–Crippen LogP) is 8.82. The van der Waals surface area contributed by atoms with Gasteiger partial charge in [-0.1, -0.05) is 18.2 Å². The Morgan fingerprint density at radius 3 is 2.61 bits per heavy atom. The lowest BCUT2D eigenvalue weighted by atomic mass is 9.95. The fourth-order valence-corrected chi connectivity index (χ4v) is 9.87. The molecule has 3 aromatic carbocycles. The number of pyridine rings is 1. The van der Waals surface area contributed by atoms with Gasteiger partial charge in [0.2, 0.25) is 0 Å². The van der Waals surface area contributed by atoms with E-state index in [1.807, 2.05) is 46.7 Å². The van der Waals surface area contributed by atoms with E-state index in [4.69, 9.17) is 24.4 Å². The molecule has 0 saturated heterocycles. The lowest BCUT2D eigenvalue weighted by molar-refractivity contribution is 0.0589. The number of nitrogens with zero attached hydrogens (tertiary/aromatic N) is 6. The lowest BCUT2D eigenvalue weighted by Crippen LogP contribution is -2.12. The topological polar surface area (TPSA) is 118 Å². The van der Waals surface area contributed by atoms with Gasteiger partial charge in [0.15, 0.2) is 0 Å². The van der Waals surface area contributed by atoms with E-state index in [-0.39, 0.29) is 12.4 Å². The average Bonchev–Trinajstić information content (AvgIpc) is 3.90. The highest BCUT2D eigenvalue weighted by atomic mass is 32.2. The molecule has 0 spiro atoms. The minimum Gasteiger partial charge on any atom is -0.497 e. The van der Waals surface area contributed by atoms with E-state index in [2.05, 4.69) is 29.2 Å². The van der Waals surface area contributed by atoms with Crippen molar-refractivity contribution in [1.29, 1.82) is 0 Å². The molecule has 0 saturated carbocycles. The zero-order valence-corrected chi connectivity index (χ0v) is 35.3. The van der Waals surface area contributed by atoms with E-state index in [0.29, 0.717) is 53.5 Å². The number of aromatic nitrogens is 6. The SMILES string of the molecule is COC(=O)c1c(CCCO)c2ccc(F)c(-c3c(CSCc4cc(CSc5cc(OCc6ccc(OC)cc6)c6ncccc6c5)n(C)n4)nn4c3CCCC4)c2n1C. The van der Waals surface area contributed by atoms with Gasteiger partial charge in [0.05, 0.1) is 31.1 Å². The second-order valence-corrected chi connectivity index (χ2v) is 16.7. The Balaban J connectivity index is 1.01. The highest BCUT2D eigenvalue weighted by molar-refractivity contribution is 7.98. The van der Waals surface area contributed by atoms with Crippen LogP contribution in [0.1, 0.15) is 63.7 Å². The summed E-state index contributed by atoms with van der Waals surface area (Å²) >= 11 is 3.42. The number of benzene rings is 3. The smallest absolute Gasteiger partial charge is 0.354 e. The first-order valence-corrected chi connectivity index (χ1v) is 21.9. The van der Waals surface area contributed by atoms with E-state index in [0.717, 1.165) is 98.0 Å². The van der Waals surface area contributed by atoms with Crippen molar-refractivity contribution < 1.29 is 28.5 Å². The number of esters is 1. The van der Waals surface area contributed by atoms with Crippen LogP contribution < -0.4 is 9.47 Å². The molecule has 0 fully saturated rings. The largest absolute Gasteiger partial charge is 0.497 e. The van der Waals surface area contributed by atoms with Crippen LogP contribution in [0, 0.1) is 5.82 Å². The van der Waals surface area contributed by atoms with Crippen molar-refractivity contribution in [3.63, 3.8) is 0 Å². The highest BCUT2D eigenvalue weighted by Gasteiger charge is 2.30. The molecule has 11 nitrogen and oxygen atoms in total. The van der Waals surface area contributed by atoms with Crippen LogP contribution in [0.2, 0.25) is 0 Å². The van der Waals surface area contributed by atoms with Crippen LogP contribution in [0.25, 0.3) is 32.9 Å². The van der Waals surface area contributed by atoms with Gasteiger partial charge in [0.25, 0.3) is 0 Å². The molecule has 1 aliphatic heterocycles. The number of aliphatic hydroxyl groups excluding tert-OH is 1. The summed E-state index contributed by atoms with van der Waals surface area (Å²) < 4.78 is 38.8. The molecule has 14 heteroatoms. The second kappa shape index (κ2) is 17.9. The van der Waals surface area contributed by atoms with Crippen LogP contribution in [-0.2, 0) is 62.1 Å². The van der Waals surface area contributed by atoms with Crippen molar-refractivity contribution in [2.24, 2.45) is 14.1 Å². The zero-order chi connectivity index (χ0) is 41.0. The summed E-state index contributed by atoms with van der Waals surface area (Å²) in [5.41, 5.74) is 8.77. The Morgan fingerprint density at radius 1 is 0.966 bits per heavy atom. The van der Waals surface area contributed by atoms with Gasteiger partial charge in [0.1, 0.15) is 35.1 Å². The predicted molar refractivity (Wildman–Crippen MR) is 231 cm³/mol. The molecule has 0 amide bonds. The Bertz CT molecular complexity index is 2640. The molecule has 1 aliphatic rings. The summed E-state index contributed by atoms with van der Waals surface area (Å²) in [6, 6.07) is 21.4. The average molecular weight is 835 g/mol. The van der Waals surface area contributed by atoms with E-state index in [9.17, 15) is 9.90 Å². The van der Waals surface area contributed by atoms with Crippen LogP contribution in [0.15, 0.2) is 77.8 Å². The van der Waals surface area contributed by atoms with Crippen molar-refractivity contribution in [2.75, 3.05) is 20.8 Å². The maximum Gasteiger partial charge on any atom is 0.354 e. The standard InChI is InChI=1S/C45H47FN6O5S2/c1-50-43-35(34(10-8-20-53)44(50)45(54)56-4)16-17-36(46)40(43)41-37(49-52-19-6-5-11-38(41)52)27-58-25-30-22-31(51(2)48-30)26-59-33-21-29-9-7-18-47-42(29)39(23-33)57-24-28-12-14-32(55-3)15-13-28/h7,9,12-18,21-23,53H,5-6,8,10-11,19-20,24-27H2,1-4H3. The second-order valence-electron chi connectivity index (χ2n) is 14.6. The van der Waals surface area contributed by atoms with Crippen LogP contribution in [0.4, 0.5) is 4.39 Å².